The topological polar surface area (TPSA) is 78.9 Å². The van der Waals surface area contributed by atoms with E-state index in [1.807, 2.05) is 0 Å². The molecule has 0 saturated carbocycles. The van der Waals surface area contributed by atoms with Crippen LogP contribution in [0.25, 0.3) is 0 Å². The highest BCUT2D eigenvalue weighted by atomic mass is 16.6. The summed E-state index contributed by atoms with van der Waals surface area (Å²) in [5, 5.41) is 0. The summed E-state index contributed by atoms with van der Waals surface area (Å²) < 4.78 is 16.7. The lowest BCUT2D eigenvalue weighted by atomic mass is 9.99. The Kier molecular flexibility index (Phi) is 38.5. The summed E-state index contributed by atoms with van der Waals surface area (Å²) in [6.45, 7) is 13.6. The summed E-state index contributed by atoms with van der Waals surface area (Å²) in [7, 11) is 0. The van der Waals surface area contributed by atoms with Gasteiger partial charge in [-0.05, 0) is 37.0 Å². The van der Waals surface area contributed by atoms with E-state index in [9.17, 15) is 14.4 Å². The second-order valence-electron chi connectivity index (χ2n) is 17.6. The molecule has 2 atom stereocenters. The number of carbonyl (C=O) groups excluding carboxylic acids is 3. The van der Waals surface area contributed by atoms with Gasteiger partial charge in [-0.2, -0.15) is 0 Å². The second kappa shape index (κ2) is 39.6. The summed E-state index contributed by atoms with van der Waals surface area (Å²) in [6, 6.07) is 0. The molecule has 0 bridgehead atoms. The van der Waals surface area contributed by atoms with Crippen LogP contribution in [0.5, 0.6) is 0 Å². The Balaban J connectivity index is 4.30. The van der Waals surface area contributed by atoms with Gasteiger partial charge in [-0.1, -0.05) is 215 Å². The second-order valence-corrected chi connectivity index (χ2v) is 17.6. The molecule has 0 aromatic carbocycles. The van der Waals surface area contributed by atoms with Crippen LogP contribution in [-0.2, 0) is 28.6 Å². The lowest BCUT2D eigenvalue weighted by Crippen LogP contribution is -2.30. The molecule has 6 nitrogen and oxygen atoms in total. The van der Waals surface area contributed by atoms with E-state index in [4.69, 9.17) is 14.2 Å². The van der Waals surface area contributed by atoms with E-state index >= 15 is 0 Å². The molecule has 0 fully saturated rings. The third-order valence-corrected chi connectivity index (χ3v) is 11.0. The number of hydrogen-bond acceptors (Lipinski definition) is 6. The minimum atomic E-state index is -0.762. The maximum atomic E-state index is 12.7. The van der Waals surface area contributed by atoms with Crippen molar-refractivity contribution in [2.75, 3.05) is 13.2 Å². The third-order valence-electron chi connectivity index (χ3n) is 11.0. The van der Waals surface area contributed by atoms with Crippen molar-refractivity contribution in [3.63, 3.8) is 0 Å². The molecule has 0 aliphatic rings. The molecule has 1 unspecified atom stereocenters. The van der Waals surface area contributed by atoms with E-state index in [1.54, 1.807) is 0 Å². The molecular formula is C48H92O6. The zero-order chi connectivity index (χ0) is 39.9. The molecule has 0 amide bonds. The van der Waals surface area contributed by atoms with Crippen LogP contribution in [-0.4, -0.2) is 37.2 Å². The molecule has 0 aromatic heterocycles. The monoisotopic (exact) mass is 765 g/mol. The van der Waals surface area contributed by atoms with E-state index in [-0.39, 0.29) is 31.1 Å². The van der Waals surface area contributed by atoms with Crippen molar-refractivity contribution >= 4 is 17.9 Å². The Labute approximate surface area is 336 Å². The average Bonchev–Trinajstić information content (AvgIpc) is 3.14. The van der Waals surface area contributed by atoms with Gasteiger partial charge in [-0.25, -0.2) is 0 Å². The summed E-state index contributed by atoms with van der Waals surface area (Å²) >= 11 is 0. The van der Waals surface area contributed by atoms with Crippen LogP contribution in [0.15, 0.2) is 0 Å². The van der Waals surface area contributed by atoms with Gasteiger partial charge in [0, 0.05) is 19.3 Å². The van der Waals surface area contributed by atoms with Crippen LogP contribution < -0.4 is 0 Å². The summed E-state index contributed by atoms with van der Waals surface area (Å²) in [5.74, 6) is 1.58. The number of rotatable bonds is 41. The number of esters is 3. The van der Waals surface area contributed by atoms with Gasteiger partial charge < -0.3 is 14.2 Å². The zero-order valence-corrected chi connectivity index (χ0v) is 37.0. The Morgan fingerprint density at radius 1 is 0.370 bits per heavy atom. The van der Waals surface area contributed by atoms with Crippen LogP contribution >= 0.6 is 0 Å². The summed E-state index contributed by atoms with van der Waals surface area (Å²) in [4.78, 5) is 37.7. The zero-order valence-electron chi connectivity index (χ0n) is 37.0. The fourth-order valence-electron chi connectivity index (χ4n) is 7.02. The van der Waals surface area contributed by atoms with Crippen molar-refractivity contribution in [1.29, 1.82) is 0 Å². The van der Waals surface area contributed by atoms with Crippen LogP contribution in [0, 0.1) is 17.8 Å². The lowest BCUT2D eigenvalue weighted by molar-refractivity contribution is -0.167. The first kappa shape index (κ1) is 52.4. The molecule has 0 aliphatic carbocycles. The Bertz CT molecular complexity index is 839. The molecule has 0 N–H and O–H groups in total. The Morgan fingerprint density at radius 3 is 0.963 bits per heavy atom. The number of hydrogen-bond donors (Lipinski definition) is 0. The summed E-state index contributed by atoms with van der Waals surface area (Å²) in [6.07, 6.45) is 36.7. The maximum absolute atomic E-state index is 12.7. The number of ether oxygens (including phenoxy) is 3. The molecular weight excluding hydrogens is 673 g/mol. The van der Waals surface area contributed by atoms with Crippen molar-refractivity contribution in [2.45, 2.75) is 260 Å². The molecule has 6 heteroatoms. The molecule has 54 heavy (non-hydrogen) atoms. The highest BCUT2D eigenvalue weighted by Gasteiger charge is 2.19. The van der Waals surface area contributed by atoms with Gasteiger partial charge in [0.05, 0.1) is 0 Å². The highest BCUT2D eigenvalue weighted by Crippen LogP contribution is 2.17. The van der Waals surface area contributed by atoms with Crippen LogP contribution in [0.1, 0.15) is 253 Å². The average molecular weight is 765 g/mol. The third kappa shape index (κ3) is 40.1. The molecule has 0 spiro atoms. The molecule has 0 heterocycles. The van der Waals surface area contributed by atoms with Crippen molar-refractivity contribution in [2.24, 2.45) is 17.8 Å². The summed E-state index contributed by atoms with van der Waals surface area (Å²) in [5.41, 5.74) is 0. The number of carbonyl (C=O) groups is 3. The molecule has 320 valence electrons. The van der Waals surface area contributed by atoms with Gasteiger partial charge in [-0.3, -0.25) is 14.4 Å². The van der Waals surface area contributed by atoms with Crippen LogP contribution in [0.4, 0.5) is 0 Å². The first-order valence-corrected chi connectivity index (χ1v) is 23.6. The Morgan fingerprint density at radius 2 is 0.648 bits per heavy atom. The highest BCUT2D eigenvalue weighted by molar-refractivity contribution is 5.71. The van der Waals surface area contributed by atoms with Crippen LogP contribution in [0.3, 0.4) is 0 Å². The normalized spacial score (nSPS) is 12.7. The van der Waals surface area contributed by atoms with Crippen molar-refractivity contribution in [3.05, 3.63) is 0 Å². The Hall–Kier alpha value is -1.59. The molecule has 0 aromatic rings. The van der Waals surface area contributed by atoms with E-state index in [0.29, 0.717) is 19.3 Å². The fourth-order valence-corrected chi connectivity index (χ4v) is 7.02. The minimum absolute atomic E-state index is 0.0667. The first-order chi connectivity index (χ1) is 26.1. The van der Waals surface area contributed by atoms with E-state index < -0.39 is 6.10 Å². The van der Waals surface area contributed by atoms with Crippen molar-refractivity contribution < 1.29 is 28.6 Å². The van der Waals surface area contributed by atoms with E-state index in [0.717, 1.165) is 75.5 Å². The van der Waals surface area contributed by atoms with Gasteiger partial charge >= 0.3 is 17.9 Å². The van der Waals surface area contributed by atoms with Crippen LogP contribution in [0.2, 0.25) is 0 Å². The molecule has 0 rings (SSSR count). The molecule has 0 aliphatic heterocycles. The quantitative estimate of drug-likeness (QED) is 0.0350. The molecule has 0 radical (unpaired) electrons. The fraction of sp³-hybridized carbons (Fsp3) is 0.938. The lowest BCUT2D eigenvalue weighted by Gasteiger charge is -2.18. The predicted molar refractivity (Wildman–Crippen MR) is 229 cm³/mol. The predicted octanol–water partition coefficient (Wildman–Crippen LogP) is 14.8. The van der Waals surface area contributed by atoms with Crippen molar-refractivity contribution in [3.8, 4) is 0 Å². The van der Waals surface area contributed by atoms with Gasteiger partial charge in [0.15, 0.2) is 6.10 Å². The molecule has 0 saturated heterocycles. The maximum Gasteiger partial charge on any atom is 0.306 e. The largest absolute Gasteiger partial charge is 0.462 e. The van der Waals surface area contributed by atoms with E-state index in [2.05, 4.69) is 41.5 Å². The SMILES string of the molecule is CCC(C)CCCCCCCCCCCCC(=O)OC[C@@H](COC(=O)CCCCCCCCCCCCC(C)C)OC(=O)CCCCCCCCC(C)C. The number of unbranched alkanes of at least 4 members (excludes halogenated alkanes) is 23. The first-order valence-electron chi connectivity index (χ1n) is 23.6. The standard InChI is InChI=1S/C48H92O6/c1-7-44(6)36-30-24-17-13-9-11-15-19-26-32-38-47(50)53-41-45(54-48(51)39-33-27-21-20-23-29-35-43(4)5)40-52-46(49)37-31-25-18-14-10-8-12-16-22-28-34-42(2)3/h42-45H,7-41H2,1-6H3/t44?,45-/m1/s1. The van der Waals surface area contributed by atoms with Gasteiger partial charge in [0.25, 0.3) is 0 Å². The van der Waals surface area contributed by atoms with Gasteiger partial charge in [-0.15, -0.1) is 0 Å². The minimum Gasteiger partial charge on any atom is -0.462 e. The smallest absolute Gasteiger partial charge is 0.306 e. The van der Waals surface area contributed by atoms with Crippen molar-refractivity contribution in [1.82, 2.24) is 0 Å². The van der Waals surface area contributed by atoms with Gasteiger partial charge in [0.1, 0.15) is 13.2 Å². The van der Waals surface area contributed by atoms with E-state index in [1.165, 1.54) is 135 Å². The van der Waals surface area contributed by atoms with Gasteiger partial charge in [0.2, 0.25) is 0 Å².